The minimum absolute atomic E-state index is 0.0158. The predicted octanol–water partition coefficient (Wildman–Crippen LogP) is 4.32. The van der Waals surface area contributed by atoms with Gasteiger partial charge >= 0.3 is 0 Å². The van der Waals surface area contributed by atoms with Crippen LogP contribution in [0, 0.1) is 0 Å². The molecule has 2 aromatic carbocycles. The van der Waals surface area contributed by atoms with E-state index in [0.717, 1.165) is 6.42 Å². The Bertz CT molecular complexity index is 868. The standard InChI is InChI=1S/C17H18Cl2N2O3S/c1-3-11(2)20-17(22)15-10-13(6-9-16(15)19)21-25(23,24)14-7-4-12(18)5-8-14/h4-11,21H,3H2,1-2H3,(H,20,22)/t11-/m1/s1. The summed E-state index contributed by atoms with van der Waals surface area (Å²) in [5.74, 6) is -0.355. The third-order valence-electron chi connectivity index (χ3n) is 3.58. The topological polar surface area (TPSA) is 75.3 Å². The van der Waals surface area contributed by atoms with Crippen LogP contribution in [0.5, 0.6) is 0 Å². The summed E-state index contributed by atoms with van der Waals surface area (Å²) in [6.45, 7) is 3.82. The van der Waals surface area contributed by atoms with Crippen molar-refractivity contribution in [1.29, 1.82) is 0 Å². The van der Waals surface area contributed by atoms with Gasteiger partial charge in [0.2, 0.25) is 0 Å². The van der Waals surface area contributed by atoms with Gasteiger partial charge in [0.1, 0.15) is 0 Å². The van der Waals surface area contributed by atoms with Gasteiger partial charge < -0.3 is 5.32 Å². The molecule has 0 aliphatic heterocycles. The molecule has 1 amide bonds. The molecule has 0 radical (unpaired) electrons. The van der Waals surface area contributed by atoms with Crippen molar-refractivity contribution in [3.05, 3.63) is 58.1 Å². The largest absolute Gasteiger partial charge is 0.350 e. The SMILES string of the molecule is CC[C@@H](C)NC(=O)c1cc(NS(=O)(=O)c2ccc(Cl)cc2)ccc1Cl. The second-order valence-electron chi connectivity index (χ2n) is 5.54. The summed E-state index contributed by atoms with van der Waals surface area (Å²) >= 11 is 11.8. The average molecular weight is 401 g/mol. The molecule has 0 aliphatic rings. The Hall–Kier alpha value is -1.76. The second kappa shape index (κ2) is 8.08. The Labute approximate surface area is 157 Å². The molecule has 8 heteroatoms. The molecule has 0 saturated heterocycles. The molecule has 134 valence electrons. The van der Waals surface area contributed by atoms with Gasteiger partial charge in [0.15, 0.2) is 0 Å². The van der Waals surface area contributed by atoms with E-state index in [9.17, 15) is 13.2 Å². The van der Waals surface area contributed by atoms with Gasteiger partial charge in [-0.3, -0.25) is 9.52 Å². The van der Waals surface area contributed by atoms with Gasteiger partial charge in [-0.25, -0.2) is 8.42 Å². The Balaban J connectivity index is 2.27. The number of rotatable bonds is 6. The molecular weight excluding hydrogens is 383 g/mol. The number of carbonyl (C=O) groups is 1. The zero-order chi connectivity index (χ0) is 18.6. The molecule has 0 unspecified atom stereocenters. The van der Waals surface area contributed by atoms with Crippen molar-refractivity contribution in [2.45, 2.75) is 31.2 Å². The van der Waals surface area contributed by atoms with Crippen LogP contribution < -0.4 is 10.0 Å². The van der Waals surface area contributed by atoms with Crippen LogP contribution in [0.4, 0.5) is 5.69 Å². The van der Waals surface area contributed by atoms with E-state index in [0.29, 0.717) is 5.02 Å². The van der Waals surface area contributed by atoms with Gasteiger partial charge in [-0.1, -0.05) is 30.1 Å². The first-order valence-electron chi connectivity index (χ1n) is 7.61. The Morgan fingerprint density at radius 2 is 1.76 bits per heavy atom. The Morgan fingerprint density at radius 1 is 1.12 bits per heavy atom. The number of sulfonamides is 1. The van der Waals surface area contributed by atoms with Crippen LogP contribution in [-0.4, -0.2) is 20.4 Å². The molecular formula is C17H18Cl2N2O3S. The monoisotopic (exact) mass is 400 g/mol. The first kappa shape index (κ1) is 19.6. The maximum Gasteiger partial charge on any atom is 0.261 e. The van der Waals surface area contributed by atoms with E-state index in [4.69, 9.17) is 23.2 Å². The molecule has 2 rings (SSSR count). The highest BCUT2D eigenvalue weighted by atomic mass is 35.5. The van der Waals surface area contributed by atoms with E-state index >= 15 is 0 Å². The highest BCUT2D eigenvalue weighted by Crippen LogP contribution is 2.23. The molecule has 5 nitrogen and oxygen atoms in total. The molecule has 0 spiro atoms. The summed E-state index contributed by atoms with van der Waals surface area (Å²) in [6, 6.07) is 10.1. The van der Waals surface area contributed by atoms with Crippen molar-refractivity contribution >= 4 is 44.8 Å². The van der Waals surface area contributed by atoms with Crippen LogP contribution in [0.1, 0.15) is 30.6 Å². The van der Waals surface area contributed by atoms with Crippen molar-refractivity contribution in [2.75, 3.05) is 4.72 Å². The van der Waals surface area contributed by atoms with Crippen LogP contribution in [0.2, 0.25) is 10.0 Å². The number of nitrogens with one attached hydrogen (secondary N) is 2. The van der Waals surface area contributed by atoms with Crippen molar-refractivity contribution < 1.29 is 13.2 Å². The van der Waals surface area contributed by atoms with E-state index in [-0.39, 0.29) is 33.1 Å². The Morgan fingerprint density at radius 3 is 2.36 bits per heavy atom. The summed E-state index contributed by atoms with van der Waals surface area (Å²) < 4.78 is 27.3. The van der Waals surface area contributed by atoms with Gasteiger partial charge in [0, 0.05) is 16.8 Å². The molecule has 1 atom stereocenters. The van der Waals surface area contributed by atoms with E-state index in [2.05, 4.69) is 10.0 Å². The van der Waals surface area contributed by atoms with Gasteiger partial charge in [0.25, 0.3) is 15.9 Å². The minimum atomic E-state index is -3.80. The van der Waals surface area contributed by atoms with Gasteiger partial charge in [0.05, 0.1) is 15.5 Å². The fourth-order valence-electron chi connectivity index (χ4n) is 1.99. The third kappa shape index (κ3) is 5.11. The maximum atomic E-state index is 12.4. The highest BCUT2D eigenvalue weighted by molar-refractivity contribution is 7.92. The van der Waals surface area contributed by atoms with Crippen molar-refractivity contribution in [3.63, 3.8) is 0 Å². The lowest BCUT2D eigenvalue weighted by Crippen LogP contribution is -2.32. The van der Waals surface area contributed by atoms with Crippen molar-refractivity contribution in [1.82, 2.24) is 5.32 Å². The summed E-state index contributed by atoms with van der Waals surface area (Å²) in [4.78, 5) is 12.3. The van der Waals surface area contributed by atoms with E-state index in [1.165, 1.54) is 42.5 Å². The first-order chi connectivity index (χ1) is 11.7. The second-order valence-corrected chi connectivity index (χ2v) is 8.06. The number of benzene rings is 2. The van der Waals surface area contributed by atoms with Crippen molar-refractivity contribution in [3.8, 4) is 0 Å². The summed E-state index contributed by atoms with van der Waals surface area (Å²) in [5, 5.41) is 3.48. The number of carbonyl (C=O) groups excluding carboxylic acids is 1. The van der Waals surface area contributed by atoms with Crippen LogP contribution in [0.25, 0.3) is 0 Å². The predicted molar refractivity (Wildman–Crippen MR) is 101 cm³/mol. The van der Waals surface area contributed by atoms with E-state index in [1.54, 1.807) is 0 Å². The van der Waals surface area contributed by atoms with Crippen LogP contribution in [0.15, 0.2) is 47.4 Å². The zero-order valence-corrected chi connectivity index (χ0v) is 16.0. The molecule has 2 N–H and O–H groups in total. The lowest BCUT2D eigenvalue weighted by Gasteiger charge is -2.14. The smallest absolute Gasteiger partial charge is 0.261 e. The quantitative estimate of drug-likeness (QED) is 0.757. The molecule has 0 heterocycles. The molecule has 0 fully saturated rings. The molecule has 0 saturated carbocycles. The maximum absolute atomic E-state index is 12.4. The number of halogens is 2. The molecule has 0 aliphatic carbocycles. The zero-order valence-electron chi connectivity index (χ0n) is 13.7. The molecule has 0 bridgehead atoms. The number of amides is 1. The summed E-state index contributed by atoms with van der Waals surface area (Å²) in [7, 11) is -3.80. The average Bonchev–Trinajstić information content (AvgIpc) is 2.56. The van der Waals surface area contributed by atoms with Crippen LogP contribution in [0.3, 0.4) is 0 Å². The van der Waals surface area contributed by atoms with E-state index in [1.807, 2.05) is 13.8 Å². The van der Waals surface area contributed by atoms with Crippen LogP contribution in [-0.2, 0) is 10.0 Å². The Kier molecular flexibility index (Phi) is 6.32. The van der Waals surface area contributed by atoms with Crippen molar-refractivity contribution in [2.24, 2.45) is 0 Å². The lowest BCUT2D eigenvalue weighted by atomic mass is 10.1. The fourth-order valence-corrected chi connectivity index (χ4v) is 3.37. The lowest BCUT2D eigenvalue weighted by molar-refractivity contribution is 0.0939. The number of hydrogen-bond donors (Lipinski definition) is 2. The third-order valence-corrected chi connectivity index (χ3v) is 5.56. The van der Waals surface area contributed by atoms with Gasteiger partial charge in [-0.05, 0) is 55.8 Å². The molecule has 25 heavy (non-hydrogen) atoms. The highest BCUT2D eigenvalue weighted by Gasteiger charge is 2.17. The van der Waals surface area contributed by atoms with E-state index < -0.39 is 10.0 Å². The normalized spacial score (nSPS) is 12.5. The van der Waals surface area contributed by atoms with Crippen LogP contribution >= 0.6 is 23.2 Å². The van der Waals surface area contributed by atoms with Gasteiger partial charge in [-0.15, -0.1) is 0 Å². The number of anilines is 1. The summed E-state index contributed by atoms with van der Waals surface area (Å²) in [6.07, 6.45) is 0.770. The summed E-state index contributed by atoms with van der Waals surface area (Å²) in [5.41, 5.74) is 0.451. The molecule has 0 aromatic heterocycles. The fraction of sp³-hybridized carbons (Fsp3) is 0.235. The number of hydrogen-bond acceptors (Lipinski definition) is 3. The molecule has 2 aromatic rings. The van der Waals surface area contributed by atoms with Gasteiger partial charge in [-0.2, -0.15) is 0 Å². The minimum Gasteiger partial charge on any atom is -0.350 e. The first-order valence-corrected chi connectivity index (χ1v) is 9.85.